The molecule has 0 saturated carbocycles. The number of nitrogens with zero attached hydrogens (tertiary/aromatic N) is 3. The molecule has 2 aromatic heterocycles. The van der Waals surface area contributed by atoms with Gasteiger partial charge in [0.15, 0.2) is 5.16 Å². The molecule has 1 aromatic carbocycles. The van der Waals surface area contributed by atoms with Crippen molar-refractivity contribution in [3.63, 3.8) is 0 Å². The minimum Gasteiger partial charge on any atom is -0.468 e. The molecule has 0 radical (unpaired) electrons. The molecule has 0 fully saturated rings. The van der Waals surface area contributed by atoms with Crippen LogP contribution in [0, 0.1) is 0 Å². The normalized spacial score (nSPS) is 10.8. The summed E-state index contributed by atoms with van der Waals surface area (Å²) >= 11 is 2.72. The highest BCUT2D eigenvalue weighted by Gasteiger charge is 2.17. The van der Waals surface area contributed by atoms with Crippen molar-refractivity contribution >= 4 is 45.9 Å². The second kappa shape index (κ2) is 9.03. The summed E-state index contributed by atoms with van der Waals surface area (Å²) in [5.74, 6) is -0.541. The summed E-state index contributed by atoms with van der Waals surface area (Å²) < 4.78 is 5.94. The first-order valence-corrected chi connectivity index (χ1v) is 10.3. The van der Waals surface area contributed by atoms with Crippen LogP contribution in [0.5, 0.6) is 0 Å². The number of amides is 1. The number of benzene rings is 1. The Kier molecular flexibility index (Phi) is 6.48. The first-order valence-electron chi connectivity index (χ1n) is 8.45. The number of thiophene rings is 1. The minimum absolute atomic E-state index is 0.0922. The first-order chi connectivity index (χ1) is 13.5. The molecule has 28 heavy (non-hydrogen) atoms. The van der Waals surface area contributed by atoms with Crippen LogP contribution in [0.2, 0.25) is 0 Å². The Morgan fingerprint density at radius 2 is 2.04 bits per heavy atom. The molecule has 3 aromatic rings. The molecule has 146 valence electrons. The Morgan fingerprint density at radius 1 is 1.25 bits per heavy atom. The van der Waals surface area contributed by atoms with Crippen LogP contribution < -0.4 is 5.56 Å². The van der Waals surface area contributed by atoms with Crippen LogP contribution in [0.1, 0.15) is 4.88 Å². The molecular formula is C19H19N3O4S2. The molecule has 0 N–H and O–H groups in total. The van der Waals surface area contributed by atoms with Gasteiger partial charge in [0.05, 0.1) is 30.3 Å². The SMILES string of the molecule is COC(=O)Cn1c(SCC(=O)N(C)Cc2cccs2)nc2ccccc2c1=O. The van der Waals surface area contributed by atoms with Crippen LogP contribution >= 0.6 is 23.1 Å². The van der Waals surface area contributed by atoms with E-state index in [2.05, 4.69) is 9.72 Å². The summed E-state index contributed by atoms with van der Waals surface area (Å²) in [5, 5.41) is 2.69. The number of esters is 1. The lowest BCUT2D eigenvalue weighted by Crippen LogP contribution is -2.30. The maximum atomic E-state index is 12.8. The second-order valence-corrected chi connectivity index (χ2v) is 7.97. The molecule has 0 spiro atoms. The number of carbonyl (C=O) groups is 2. The lowest BCUT2D eigenvalue weighted by molar-refractivity contribution is -0.141. The number of methoxy groups -OCH3 is 1. The largest absolute Gasteiger partial charge is 0.468 e. The number of carbonyl (C=O) groups excluding carboxylic acids is 2. The Hall–Kier alpha value is -2.65. The average Bonchev–Trinajstić information content (AvgIpc) is 3.21. The molecule has 0 unspecified atom stereocenters. The van der Waals surface area contributed by atoms with Gasteiger partial charge in [0, 0.05) is 11.9 Å². The smallest absolute Gasteiger partial charge is 0.325 e. The summed E-state index contributed by atoms with van der Waals surface area (Å²) in [6.07, 6.45) is 0. The van der Waals surface area contributed by atoms with E-state index >= 15 is 0 Å². The van der Waals surface area contributed by atoms with E-state index in [1.807, 2.05) is 17.5 Å². The third kappa shape index (κ3) is 4.60. The van der Waals surface area contributed by atoms with E-state index in [0.29, 0.717) is 22.6 Å². The molecule has 3 rings (SSSR count). The number of hydrogen-bond acceptors (Lipinski definition) is 7. The van der Waals surface area contributed by atoms with Crippen LogP contribution in [0.15, 0.2) is 51.7 Å². The van der Waals surface area contributed by atoms with Crippen molar-refractivity contribution in [1.29, 1.82) is 0 Å². The molecule has 7 nitrogen and oxygen atoms in total. The predicted molar refractivity (Wildman–Crippen MR) is 110 cm³/mol. The fraction of sp³-hybridized carbons (Fsp3) is 0.263. The summed E-state index contributed by atoms with van der Waals surface area (Å²) in [7, 11) is 3.00. The zero-order valence-electron chi connectivity index (χ0n) is 15.5. The maximum Gasteiger partial charge on any atom is 0.325 e. The van der Waals surface area contributed by atoms with Gasteiger partial charge in [-0.15, -0.1) is 11.3 Å². The number of ether oxygens (including phenoxy) is 1. The van der Waals surface area contributed by atoms with Gasteiger partial charge in [0.25, 0.3) is 5.56 Å². The molecular weight excluding hydrogens is 398 g/mol. The Morgan fingerprint density at radius 3 is 2.75 bits per heavy atom. The second-order valence-electron chi connectivity index (χ2n) is 6.00. The zero-order chi connectivity index (χ0) is 20.1. The van der Waals surface area contributed by atoms with Gasteiger partial charge in [-0.2, -0.15) is 0 Å². The predicted octanol–water partition coefficient (Wildman–Crippen LogP) is 2.38. The standard InChI is InChI=1S/C19H19N3O4S2/c1-21(10-13-6-5-9-27-13)16(23)12-28-19-20-15-8-4-3-7-14(15)18(25)22(19)11-17(24)26-2/h3-9H,10-12H2,1-2H3. The third-order valence-electron chi connectivity index (χ3n) is 4.07. The number of fused-ring (bicyclic) bond motifs is 1. The number of para-hydroxylation sites is 1. The molecule has 1 amide bonds. The fourth-order valence-electron chi connectivity index (χ4n) is 2.55. The van der Waals surface area contributed by atoms with E-state index < -0.39 is 5.97 Å². The quantitative estimate of drug-likeness (QED) is 0.334. The van der Waals surface area contributed by atoms with Gasteiger partial charge in [-0.05, 0) is 23.6 Å². The van der Waals surface area contributed by atoms with Crippen molar-refractivity contribution in [2.75, 3.05) is 19.9 Å². The number of rotatable bonds is 7. The number of thioether (sulfide) groups is 1. The van der Waals surface area contributed by atoms with E-state index in [1.165, 1.54) is 11.7 Å². The molecule has 2 heterocycles. The van der Waals surface area contributed by atoms with Gasteiger partial charge in [-0.25, -0.2) is 4.98 Å². The molecule has 0 aliphatic carbocycles. The van der Waals surface area contributed by atoms with Gasteiger partial charge in [-0.3, -0.25) is 19.0 Å². The summed E-state index contributed by atoms with van der Waals surface area (Å²) in [5.41, 5.74) is 0.188. The van der Waals surface area contributed by atoms with E-state index in [1.54, 1.807) is 47.5 Å². The van der Waals surface area contributed by atoms with Crippen LogP contribution in [0.3, 0.4) is 0 Å². The van der Waals surface area contributed by atoms with E-state index in [0.717, 1.165) is 16.6 Å². The van der Waals surface area contributed by atoms with E-state index in [-0.39, 0.29) is 23.8 Å². The molecule has 0 aliphatic heterocycles. The Balaban J connectivity index is 1.82. The molecule has 9 heteroatoms. The molecule has 0 aliphatic rings. The summed E-state index contributed by atoms with van der Waals surface area (Å²) in [6, 6.07) is 10.8. The highest BCUT2D eigenvalue weighted by molar-refractivity contribution is 7.99. The summed E-state index contributed by atoms with van der Waals surface area (Å²) in [6.45, 7) is 0.270. The van der Waals surface area contributed by atoms with Gasteiger partial charge in [-0.1, -0.05) is 30.0 Å². The topological polar surface area (TPSA) is 81.5 Å². The first kappa shape index (κ1) is 20.1. The molecule has 0 saturated heterocycles. The van der Waals surface area contributed by atoms with Crippen molar-refractivity contribution in [2.24, 2.45) is 0 Å². The Bertz CT molecular complexity index is 1050. The van der Waals surface area contributed by atoms with Crippen molar-refractivity contribution in [1.82, 2.24) is 14.5 Å². The van der Waals surface area contributed by atoms with E-state index in [4.69, 9.17) is 0 Å². The van der Waals surface area contributed by atoms with Crippen LogP contribution in [-0.4, -0.2) is 46.2 Å². The summed E-state index contributed by atoms with van der Waals surface area (Å²) in [4.78, 5) is 44.2. The lowest BCUT2D eigenvalue weighted by Gasteiger charge is -2.17. The zero-order valence-corrected chi connectivity index (χ0v) is 17.1. The highest BCUT2D eigenvalue weighted by Crippen LogP contribution is 2.19. The van der Waals surface area contributed by atoms with Crippen LogP contribution in [0.4, 0.5) is 0 Å². The monoisotopic (exact) mass is 417 g/mol. The number of hydrogen-bond donors (Lipinski definition) is 0. The van der Waals surface area contributed by atoms with Gasteiger partial charge < -0.3 is 9.64 Å². The van der Waals surface area contributed by atoms with Gasteiger partial charge in [0.2, 0.25) is 5.91 Å². The number of aromatic nitrogens is 2. The lowest BCUT2D eigenvalue weighted by atomic mass is 10.2. The van der Waals surface area contributed by atoms with Crippen LogP contribution in [-0.2, 0) is 27.4 Å². The molecule has 0 atom stereocenters. The maximum absolute atomic E-state index is 12.8. The van der Waals surface area contributed by atoms with Gasteiger partial charge >= 0.3 is 5.97 Å². The van der Waals surface area contributed by atoms with E-state index in [9.17, 15) is 14.4 Å². The van der Waals surface area contributed by atoms with Crippen molar-refractivity contribution in [3.8, 4) is 0 Å². The molecule has 0 bridgehead atoms. The third-order valence-corrected chi connectivity index (χ3v) is 5.89. The van der Waals surface area contributed by atoms with Gasteiger partial charge in [0.1, 0.15) is 6.54 Å². The highest BCUT2D eigenvalue weighted by atomic mass is 32.2. The van der Waals surface area contributed by atoms with Crippen molar-refractivity contribution in [3.05, 3.63) is 57.0 Å². The average molecular weight is 418 g/mol. The van der Waals surface area contributed by atoms with Crippen LogP contribution in [0.25, 0.3) is 10.9 Å². The van der Waals surface area contributed by atoms with Crippen molar-refractivity contribution in [2.45, 2.75) is 18.2 Å². The fourth-order valence-corrected chi connectivity index (χ4v) is 4.25. The Labute approximate surface area is 169 Å². The minimum atomic E-state index is -0.554. The van der Waals surface area contributed by atoms with Crippen molar-refractivity contribution < 1.29 is 14.3 Å².